The summed E-state index contributed by atoms with van der Waals surface area (Å²) in [5.41, 5.74) is 0. The van der Waals surface area contributed by atoms with Crippen LogP contribution in [-0.2, 0) is 0 Å². The van der Waals surface area contributed by atoms with Gasteiger partial charge in [0.15, 0.2) is 0 Å². The molecule has 0 saturated carbocycles. The SMILES string of the molecule is C[C@H](CSc1ccccc1)N(CCO)[C@H](C)CSc1ccccc1. The molecule has 0 saturated heterocycles. The number of thioether (sulfide) groups is 2. The highest BCUT2D eigenvalue weighted by Crippen LogP contribution is 2.23. The Bertz CT molecular complexity index is 515. The second kappa shape index (κ2) is 10.8. The van der Waals surface area contributed by atoms with Crippen molar-refractivity contribution in [3.8, 4) is 0 Å². The molecule has 0 heterocycles. The summed E-state index contributed by atoms with van der Waals surface area (Å²) in [6.45, 7) is 5.46. The molecule has 0 unspecified atom stereocenters. The number of hydrogen-bond acceptors (Lipinski definition) is 4. The van der Waals surface area contributed by atoms with Crippen molar-refractivity contribution in [3.05, 3.63) is 60.7 Å². The van der Waals surface area contributed by atoms with E-state index in [9.17, 15) is 5.11 Å². The van der Waals surface area contributed by atoms with Gasteiger partial charge in [0.25, 0.3) is 0 Å². The van der Waals surface area contributed by atoms with Crippen LogP contribution in [0.15, 0.2) is 70.5 Å². The van der Waals surface area contributed by atoms with Gasteiger partial charge in [-0.05, 0) is 38.1 Å². The maximum absolute atomic E-state index is 9.45. The first-order valence-electron chi connectivity index (χ1n) is 8.43. The fraction of sp³-hybridized carbons (Fsp3) is 0.400. The Morgan fingerprint density at radius 1 is 0.792 bits per heavy atom. The van der Waals surface area contributed by atoms with Crippen molar-refractivity contribution >= 4 is 23.5 Å². The maximum atomic E-state index is 9.45. The van der Waals surface area contributed by atoms with Gasteiger partial charge in [-0.1, -0.05) is 36.4 Å². The van der Waals surface area contributed by atoms with Crippen molar-refractivity contribution < 1.29 is 5.11 Å². The minimum Gasteiger partial charge on any atom is -0.395 e. The molecule has 0 aromatic heterocycles. The van der Waals surface area contributed by atoms with Gasteiger partial charge in [-0.25, -0.2) is 0 Å². The summed E-state index contributed by atoms with van der Waals surface area (Å²) >= 11 is 3.77. The summed E-state index contributed by atoms with van der Waals surface area (Å²) in [7, 11) is 0. The molecule has 2 nitrogen and oxygen atoms in total. The van der Waals surface area contributed by atoms with Gasteiger partial charge in [0.1, 0.15) is 0 Å². The molecule has 4 heteroatoms. The molecule has 0 aliphatic carbocycles. The highest BCUT2D eigenvalue weighted by Gasteiger charge is 2.20. The molecule has 0 bridgehead atoms. The Balaban J connectivity index is 1.86. The molecule has 24 heavy (non-hydrogen) atoms. The molecule has 2 aromatic carbocycles. The van der Waals surface area contributed by atoms with Gasteiger partial charge >= 0.3 is 0 Å². The largest absolute Gasteiger partial charge is 0.395 e. The molecular weight excluding hydrogens is 334 g/mol. The molecule has 2 rings (SSSR count). The normalized spacial score (nSPS) is 13.8. The third kappa shape index (κ3) is 6.52. The summed E-state index contributed by atoms with van der Waals surface area (Å²) in [5.74, 6) is 2.06. The van der Waals surface area contributed by atoms with E-state index in [2.05, 4.69) is 79.4 Å². The number of hydrogen-bond donors (Lipinski definition) is 1. The van der Waals surface area contributed by atoms with E-state index < -0.39 is 0 Å². The van der Waals surface area contributed by atoms with Crippen molar-refractivity contribution in [1.82, 2.24) is 4.90 Å². The van der Waals surface area contributed by atoms with E-state index >= 15 is 0 Å². The van der Waals surface area contributed by atoms with Crippen LogP contribution < -0.4 is 0 Å². The van der Waals surface area contributed by atoms with E-state index in [0.29, 0.717) is 12.1 Å². The van der Waals surface area contributed by atoms with Gasteiger partial charge in [0.05, 0.1) is 6.61 Å². The van der Waals surface area contributed by atoms with Crippen LogP contribution in [0.3, 0.4) is 0 Å². The first kappa shape index (κ1) is 19.4. The minimum atomic E-state index is 0.209. The molecule has 0 fully saturated rings. The zero-order valence-electron chi connectivity index (χ0n) is 14.5. The average Bonchev–Trinajstić information content (AvgIpc) is 2.64. The minimum absolute atomic E-state index is 0.209. The van der Waals surface area contributed by atoms with Crippen LogP contribution in [0.5, 0.6) is 0 Å². The van der Waals surface area contributed by atoms with Gasteiger partial charge < -0.3 is 5.11 Å². The molecule has 1 N–H and O–H groups in total. The molecular formula is C20H27NOS2. The lowest BCUT2D eigenvalue weighted by Crippen LogP contribution is -2.44. The lowest BCUT2D eigenvalue weighted by Gasteiger charge is -2.34. The molecule has 0 aliphatic rings. The second-order valence-electron chi connectivity index (χ2n) is 5.91. The van der Waals surface area contributed by atoms with Crippen molar-refractivity contribution in [2.75, 3.05) is 24.7 Å². The smallest absolute Gasteiger partial charge is 0.0558 e. The van der Waals surface area contributed by atoms with Crippen molar-refractivity contribution in [3.63, 3.8) is 0 Å². The second-order valence-corrected chi connectivity index (χ2v) is 8.09. The molecule has 0 amide bonds. The van der Waals surface area contributed by atoms with E-state index in [0.717, 1.165) is 18.1 Å². The lowest BCUT2D eigenvalue weighted by molar-refractivity contribution is 0.138. The van der Waals surface area contributed by atoms with Crippen LogP contribution in [0, 0.1) is 0 Å². The summed E-state index contributed by atoms with van der Waals surface area (Å²) in [6.07, 6.45) is 0. The highest BCUT2D eigenvalue weighted by molar-refractivity contribution is 7.99. The molecule has 0 radical (unpaired) electrons. The number of rotatable bonds is 10. The number of aliphatic hydroxyl groups is 1. The molecule has 0 aliphatic heterocycles. The number of benzene rings is 2. The first-order chi connectivity index (χ1) is 11.7. The van der Waals surface area contributed by atoms with Crippen LogP contribution in [0.2, 0.25) is 0 Å². The van der Waals surface area contributed by atoms with Crippen LogP contribution in [0.1, 0.15) is 13.8 Å². The van der Waals surface area contributed by atoms with Crippen molar-refractivity contribution in [2.45, 2.75) is 35.7 Å². The fourth-order valence-corrected chi connectivity index (χ4v) is 4.60. The maximum Gasteiger partial charge on any atom is 0.0558 e. The summed E-state index contributed by atoms with van der Waals surface area (Å²) in [5, 5.41) is 9.45. The van der Waals surface area contributed by atoms with Gasteiger partial charge in [-0.3, -0.25) is 4.90 Å². The fourth-order valence-electron chi connectivity index (χ4n) is 2.65. The topological polar surface area (TPSA) is 23.5 Å². The third-order valence-electron chi connectivity index (χ3n) is 3.96. The Hall–Kier alpha value is -0.940. The quantitative estimate of drug-likeness (QED) is 0.623. The predicted molar refractivity (Wildman–Crippen MR) is 107 cm³/mol. The van der Waals surface area contributed by atoms with Gasteiger partial charge in [0.2, 0.25) is 0 Å². The van der Waals surface area contributed by atoms with Crippen LogP contribution >= 0.6 is 23.5 Å². The lowest BCUT2D eigenvalue weighted by atomic mass is 10.2. The molecule has 0 spiro atoms. The predicted octanol–water partition coefficient (Wildman–Crippen LogP) is 4.64. The van der Waals surface area contributed by atoms with E-state index in [1.165, 1.54) is 9.79 Å². The van der Waals surface area contributed by atoms with E-state index in [4.69, 9.17) is 0 Å². The third-order valence-corrected chi connectivity index (χ3v) is 6.47. The Morgan fingerprint density at radius 2 is 1.21 bits per heavy atom. The molecule has 2 atom stereocenters. The van der Waals surface area contributed by atoms with Crippen LogP contribution in [0.25, 0.3) is 0 Å². The number of aliphatic hydroxyl groups excluding tert-OH is 1. The van der Waals surface area contributed by atoms with Crippen molar-refractivity contribution in [1.29, 1.82) is 0 Å². The Kier molecular flexibility index (Phi) is 8.75. The van der Waals surface area contributed by atoms with Crippen LogP contribution in [-0.4, -0.2) is 46.7 Å². The van der Waals surface area contributed by atoms with E-state index in [-0.39, 0.29) is 6.61 Å². The zero-order chi connectivity index (χ0) is 17.2. The van der Waals surface area contributed by atoms with E-state index in [1.54, 1.807) is 0 Å². The summed E-state index contributed by atoms with van der Waals surface area (Å²) < 4.78 is 0. The van der Waals surface area contributed by atoms with E-state index in [1.807, 2.05) is 23.5 Å². The van der Waals surface area contributed by atoms with Crippen molar-refractivity contribution in [2.24, 2.45) is 0 Å². The average molecular weight is 362 g/mol. The molecule has 130 valence electrons. The monoisotopic (exact) mass is 361 g/mol. The Morgan fingerprint density at radius 3 is 1.58 bits per heavy atom. The number of nitrogens with zero attached hydrogens (tertiary/aromatic N) is 1. The summed E-state index contributed by atoms with van der Waals surface area (Å²) in [6, 6.07) is 21.9. The van der Waals surface area contributed by atoms with Gasteiger partial charge in [-0.2, -0.15) is 0 Å². The standard InChI is InChI=1S/C20H27NOS2/c1-17(15-23-19-9-5-3-6-10-19)21(13-14-22)18(2)16-24-20-11-7-4-8-12-20/h3-12,17-18,22H,13-16H2,1-2H3/t17-,18-/m1/s1. The molecule has 2 aromatic rings. The van der Waals surface area contributed by atoms with Gasteiger partial charge in [0, 0.05) is 39.9 Å². The zero-order valence-corrected chi connectivity index (χ0v) is 16.1. The summed E-state index contributed by atoms with van der Waals surface area (Å²) in [4.78, 5) is 5.03. The highest BCUT2D eigenvalue weighted by atomic mass is 32.2. The Labute approximate surface area is 154 Å². The van der Waals surface area contributed by atoms with Crippen LogP contribution in [0.4, 0.5) is 0 Å². The van der Waals surface area contributed by atoms with Gasteiger partial charge in [-0.15, -0.1) is 23.5 Å². The first-order valence-corrected chi connectivity index (χ1v) is 10.4.